The lowest BCUT2D eigenvalue weighted by Crippen LogP contribution is -1.95. The molecule has 122 valence electrons. The summed E-state index contributed by atoms with van der Waals surface area (Å²) >= 11 is 17.9. The van der Waals surface area contributed by atoms with Crippen LogP contribution in [0, 0.1) is 4.77 Å². The Morgan fingerprint density at radius 1 is 1.29 bits per heavy atom. The first-order valence-corrected chi connectivity index (χ1v) is 8.98. The van der Waals surface area contributed by atoms with Crippen LogP contribution in [0.4, 0.5) is 0 Å². The highest BCUT2D eigenvalue weighted by Crippen LogP contribution is 2.30. The molecule has 0 bridgehead atoms. The molecule has 0 fully saturated rings. The van der Waals surface area contributed by atoms with Crippen molar-refractivity contribution in [3.05, 3.63) is 60.7 Å². The van der Waals surface area contributed by atoms with Gasteiger partial charge in [-0.25, -0.2) is 5.10 Å². The van der Waals surface area contributed by atoms with Crippen LogP contribution >= 0.6 is 55.7 Å². The van der Waals surface area contributed by atoms with Crippen molar-refractivity contribution >= 4 is 61.9 Å². The summed E-state index contributed by atoms with van der Waals surface area (Å²) in [5.74, 6) is 0.605. The first kappa shape index (κ1) is 17.3. The lowest BCUT2D eigenvalue weighted by atomic mass is 10.2. The van der Waals surface area contributed by atoms with Crippen LogP contribution in [0.3, 0.4) is 0 Å². The van der Waals surface area contributed by atoms with Gasteiger partial charge in [0.05, 0.1) is 10.7 Å². The first-order chi connectivity index (χ1) is 11.5. The number of nitrogens with one attached hydrogen (secondary N) is 1. The van der Waals surface area contributed by atoms with Crippen LogP contribution in [-0.4, -0.2) is 26.2 Å². The number of aromatic nitrogens is 3. The standard InChI is InChI=1S/C15H9Br2ClN4OS/c16-10-4-9(13(23)12(17)6-10)7-19-22-14(20-21-15(22)24)8-2-1-3-11(18)5-8/h1-7,23H,(H,21,24). The molecule has 0 unspecified atom stereocenters. The topological polar surface area (TPSA) is 66.2 Å². The van der Waals surface area contributed by atoms with Crippen molar-refractivity contribution in [2.24, 2.45) is 5.10 Å². The molecular formula is C15H9Br2ClN4OS. The van der Waals surface area contributed by atoms with Gasteiger partial charge in [0.1, 0.15) is 5.75 Å². The number of phenols is 1. The fourth-order valence-electron chi connectivity index (χ4n) is 2.02. The third kappa shape index (κ3) is 3.61. The van der Waals surface area contributed by atoms with E-state index in [0.29, 0.717) is 25.7 Å². The van der Waals surface area contributed by atoms with Crippen molar-refractivity contribution < 1.29 is 5.11 Å². The fourth-order valence-corrected chi connectivity index (χ4v) is 3.65. The molecule has 0 aliphatic carbocycles. The molecule has 24 heavy (non-hydrogen) atoms. The summed E-state index contributed by atoms with van der Waals surface area (Å²) in [6.07, 6.45) is 1.50. The Hall–Kier alpha value is -1.48. The maximum Gasteiger partial charge on any atom is 0.216 e. The van der Waals surface area contributed by atoms with Gasteiger partial charge in [0.25, 0.3) is 0 Å². The van der Waals surface area contributed by atoms with Gasteiger partial charge < -0.3 is 5.11 Å². The van der Waals surface area contributed by atoms with Gasteiger partial charge in [-0.2, -0.15) is 14.9 Å². The van der Waals surface area contributed by atoms with Gasteiger partial charge in [-0.05, 0) is 52.4 Å². The second-order valence-electron chi connectivity index (χ2n) is 4.74. The van der Waals surface area contributed by atoms with E-state index in [1.165, 1.54) is 10.9 Å². The number of aromatic hydroxyl groups is 1. The highest BCUT2D eigenvalue weighted by Gasteiger charge is 2.10. The molecule has 0 spiro atoms. The third-order valence-electron chi connectivity index (χ3n) is 3.10. The molecule has 2 N–H and O–H groups in total. The van der Waals surface area contributed by atoms with Crippen LogP contribution in [0.15, 0.2) is 50.4 Å². The number of benzene rings is 2. The maximum atomic E-state index is 10.1. The van der Waals surface area contributed by atoms with Crippen LogP contribution < -0.4 is 0 Å². The molecule has 3 aromatic rings. The highest BCUT2D eigenvalue weighted by atomic mass is 79.9. The van der Waals surface area contributed by atoms with Crippen molar-refractivity contribution in [3.8, 4) is 17.1 Å². The van der Waals surface area contributed by atoms with Gasteiger partial charge in [-0.15, -0.1) is 0 Å². The molecule has 0 aliphatic heterocycles. The van der Waals surface area contributed by atoms with Gasteiger partial charge in [0.15, 0.2) is 5.82 Å². The smallest absolute Gasteiger partial charge is 0.216 e. The summed E-state index contributed by atoms with van der Waals surface area (Å²) in [6, 6.07) is 10.7. The van der Waals surface area contributed by atoms with Gasteiger partial charge in [0, 0.05) is 20.6 Å². The minimum atomic E-state index is 0.0845. The molecule has 0 radical (unpaired) electrons. The number of rotatable bonds is 3. The van der Waals surface area contributed by atoms with E-state index in [2.05, 4.69) is 47.2 Å². The monoisotopic (exact) mass is 486 g/mol. The van der Waals surface area contributed by atoms with E-state index in [1.54, 1.807) is 24.3 Å². The van der Waals surface area contributed by atoms with Crippen molar-refractivity contribution in [1.29, 1.82) is 0 Å². The maximum absolute atomic E-state index is 10.1. The Morgan fingerprint density at radius 2 is 2.08 bits per heavy atom. The van der Waals surface area contributed by atoms with E-state index in [1.807, 2.05) is 12.1 Å². The first-order valence-electron chi connectivity index (χ1n) is 6.61. The molecule has 5 nitrogen and oxygen atoms in total. The molecule has 1 heterocycles. The molecule has 1 aromatic heterocycles. The summed E-state index contributed by atoms with van der Waals surface area (Å²) in [5.41, 5.74) is 1.29. The molecule has 0 saturated carbocycles. The summed E-state index contributed by atoms with van der Waals surface area (Å²) in [5, 5.41) is 21.9. The molecule has 2 aromatic carbocycles. The Labute approximate surface area is 164 Å². The van der Waals surface area contributed by atoms with Crippen LogP contribution in [0.25, 0.3) is 11.4 Å². The van der Waals surface area contributed by atoms with E-state index in [4.69, 9.17) is 23.8 Å². The number of aromatic amines is 1. The van der Waals surface area contributed by atoms with Crippen LogP contribution in [0.5, 0.6) is 5.75 Å². The van der Waals surface area contributed by atoms with Crippen molar-refractivity contribution in [3.63, 3.8) is 0 Å². The van der Waals surface area contributed by atoms with Crippen molar-refractivity contribution in [2.75, 3.05) is 0 Å². The average molecular weight is 489 g/mol. The fraction of sp³-hybridized carbons (Fsp3) is 0. The number of hydrogen-bond acceptors (Lipinski definition) is 4. The predicted octanol–water partition coefficient (Wildman–Crippen LogP) is 5.37. The minimum Gasteiger partial charge on any atom is -0.506 e. The molecule has 0 aliphatic rings. The van der Waals surface area contributed by atoms with E-state index in [9.17, 15) is 5.11 Å². The van der Waals surface area contributed by atoms with Crippen molar-refractivity contribution in [1.82, 2.24) is 14.9 Å². The van der Waals surface area contributed by atoms with E-state index in [-0.39, 0.29) is 5.75 Å². The lowest BCUT2D eigenvalue weighted by molar-refractivity contribution is 0.471. The Balaban J connectivity index is 2.06. The normalized spacial score (nSPS) is 11.3. The van der Waals surface area contributed by atoms with Gasteiger partial charge in [-0.1, -0.05) is 39.7 Å². The Bertz CT molecular complexity index is 999. The van der Waals surface area contributed by atoms with E-state index >= 15 is 0 Å². The number of nitrogens with zero attached hydrogens (tertiary/aromatic N) is 3. The second kappa shape index (κ2) is 7.18. The predicted molar refractivity (Wildman–Crippen MR) is 104 cm³/mol. The minimum absolute atomic E-state index is 0.0845. The summed E-state index contributed by atoms with van der Waals surface area (Å²) in [7, 11) is 0. The van der Waals surface area contributed by atoms with Crippen LogP contribution in [0.2, 0.25) is 5.02 Å². The quantitative estimate of drug-likeness (QED) is 0.385. The zero-order valence-corrected chi connectivity index (χ0v) is 16.6. The van der Waals surface area contributed by atoms with Gasteiger partial charge >= 0.3 is 0 Å². The Kier molecular flexibility index (Phi) is 5.19. The number of phenolic OH excluding ortho intramolecular Hbond substituents is 1. The molecule has 9 heteroatoms. The second-order valence-corrected chi connectivity index (χ2v) is 7.34. The summed E-state index contributed by atoms with van der Waals surface area (Å²) < 4.78 is 3.16. The number of hydrogen-bond donors (Lipinski definition) is 2. The molecule has 0 saturated heterocycles. The zero-order valence-electron chi connectivity index (χ0n) is 11.9. The third-order valence-corrected chi connectivity index (χ3v) is 4.66. The molecule has 0 amide bonds. The highest BCUT2D eigenvalue weighted by molar-refractivity contribution is 9.11. The van der Waals surface area contributed by atoms with Crippen LogP contribution in [0.1, 0.15) is 5.56 Å². The van der Waals surface area contributed by atoms with Gasteiger partial charge in [0.2, 0.25) is 4.77 Å². The molecule has 3 rings (SSSR count). The van der Waals surface area contributed by atoms with Crippen LogP contribution in [-0.2, 0) is 0 Å². The SMILES string of the molecule is Oc1c(Br)cc(Br)cc1C=Nn1c(-c2cccc(Cl)c2)n[nH]c1=S. The van der Waals surface area contributed by atoms with E-state index in [0.717, 1.165) is 10.0 Å². The zero-order chi connectivity index (χ0) is 17.3. The van der Waals surface area contributed by atoms with Crippen molar-refractivity contribution in [2.45, 2.75) is 0 Å². The number of H-pyrrole nitrogens is 1. The van der Waals surface area contributed by atoms with E-state index < -0.39 is 0 Å². The molecule has 0 atom stereocenters. The van der Waals surface area contributed by atoms with Gasteiger partial charge in [-0.3, -0.25) is 0 Å². The Morgan fingerprint density at radius 3 is 2.83 bits per heavy atom. The summed E-state index contributed by atoms with van der Waals surface area (Å²) in [4.78, 5) is 0. The largest absolute Gasteiger partial charge is 0.506 e. The summed E-state index contributed by atoms with van der Waals surface area (Å²) in [6.45, 7) is 0. The average Bonchev–Trinajstić information content (AvgIpc) is 2.90. The number of halogens is 3. The lowest BCUT2D eigenvalue weighted by Gasteiger charge is -2.04. The molecular weight excluding hydrogens is 480 g/mol.